The molecule has 18 nitrogen and oxygen atoms in total. The lowest BCUT2D eigenvalue weighted by molar-refractivity contribution is 0.282. The number of sulfone groups is 1. The van der Waals surface area contributed by atoms with Gasteiger partial charge in [0.1, 0.15) is 9.84 Å². The number of hydrogen-bond donors (Lipinski definition) is 1. The summed E-state index contributed by atoms with van der Waals surface area (Å²) in [6, 6.07) is 0. The molecule has 0 aliphatic rings. The van der Waals surface area contributed by atoms with Crippen LogP contribution in [0.1, 0.15) is 0 Å². The molecular weight excluding hydrogens is 766 g/mol. The third-order valence-electron chi connectivity index (χ3n) is 2.67. The first kappa shape index (κ1) is 64.0. The average molecular weight is 824 g/mol. The fourth-order valence-electron chi connectivity index (χ4n) is 0.0745. The van der Waals surface area contributed by atoms with Gasteiger partial charge in [-0.3, -0.25) is 17.1 Å². The summed E-state index contributed by atoms with van der Waals surface area (Å²) < 4.78 is 131. The fourth-order valence-corrected chi connectivity index (χ4v) is 0.224. The summed E-state index contributed by atoms with van der Waals surface area (Å²) in [5.41, 5.74) is 0. The minimum Gasteiger partial charge on any atom is -0.312 e. The minimum atomic E-state index is -3.16. The second-order valence-corrected chi connectivity index (χ2v) is 21.9. The molecule has 0 rings (SSSR count). The van der Waals surface area contributed by atoms with Crippen molar-refractivity contribution in [2.75, 3.05) is 127 Å². The molecule has 0 spiro atoms. The normalized spacial score (nSPS) is 12.8. The van der Waals surface area contributed by atoms with Crippen LogP contribution < -0.4 is 4.72 Å². The van der Waals surface area contributed by atoms with Crippen molar-refractivity contribution in [1.29, 1.82) is 0 Å². The lowest BCUT2D eigenvalue weighted by Crippen LogP contribution is -2.19. The predicted octanol–water partition coefficient (Wildman–Crippen LogP) is -0.875. The molecule has 0 radical (unpaired) electrons. The van der Waals surface area contributed by atoms with Crippen LogP contribution in [-0.4, -0.2) is 177 Å². The molecule has 26 heteroatoms. The number of rotatable bonds is 7. The monoisotopic (exact) mass is 823 g/mol. The van der Waals surface area contributed by atoms with Crippen molar-refractivity contribution in [1.82, 2.24) is 13.3 Å². The Morgan fingerprint density at radius 2 is 0.844 bits per heavy atom. The van der Waals surface area contributed by atoms with Crippen LogP contribution in [0.25, 0.3) is 0 Å². The van der Waals surface area contributed by atoms with Gasteiger partial charge in [-0.15, -0.1) is 0 Å². The molecule has 0 amide bonds. The Bertz CT molecular complexity index is 1110. The lowest BCUT2D eigenvalue weighted by atomic mass is 11.3. The van der Waals surface area contributed by atoms with E-state index in [9.17, 15) is 46.7 Å². The molecule has 0 fully saturated rings. The van der Waals surface area contributed by atoms with E-state index in [1.54, 1.807) is 50.5 Å². The zero-order valence-corrected chi connectivity index (χ0v) is 36.4. The van der Waals surface area contributed by atoms with Gasteiger partial charge in [0.25, 0.3) is 10.1 Å². The Hall–Kier alpha value is 0.400. The Kier molecular flexibility index (Phi) is 52.9. The standard InChI is InChI=1S/C3H9NO2S.C3H9NOS.C3H9O3P.C2H7NOS.C2H6O3S.2C2H6O2S.C2H6OS/c1-4(2)7(3,5)6;1-4(2)6(3)5;1-5-7(3,4)6-2;1-3-5(2)4;1-5-6(2,3)4;1-5(2,3)4;1-4-5(2)3;1-4(2)3/h1-3H3;1-3H3;1-3H3;3H,1-2H3;1-2H3;2*1-2H3;1-2H3. The van der Waals surface area contributed by atoms with Crippen molar-refractivity contribution in [2.24, 2.45) is 0 Å². The van der Waals surface area contributed by atoms with Crippen LogP contribution in [0.4, 0.5) is 0 Å². The van der Waals surface area contributed by atoms with Crippen LogP contribution in [0, 0.1) is 0 Å². The first-order valence-corrected chi connectivity index (χ1v) is 25.6. The van der Waals surface area contributed by atoms with E-state index in [-0.39, 0.29) is 0 Å². The maximum absolute atomic E-state index is 10.5. The summed E-state index contributed by atoms with van der Waals surface area (Å²) in [5, 5.41) is 0. The van der Waals surface area contributed by atoms with E-state index in [0.29, 0.717) is 0 Å². The van der Waals surface area contributed by atoms with Crippen molar-refractivity contribution in [3.05, 3.63) is 0 Å². The van der Waals surface area contributed by atoms with Gasteiger partial charge in [0, 0.05) is 89.6 Å². The maximum Gasteiger partial charge on any atom is 0.327 e. The molecule has 45 heavy (non-hydrogen) atoms. The van der Waals surface area contributed by atoms with Crippen molar-refractivity contribution in [3.8, 4) is 0 Å². The molecule has 0 heterocycles. The highest BCUT2D eigenvalue weighted by Crippen LogP contribution is 2.40. The van der Waals surface area contributed by atoms with Gasteiger partial charge in [0.05, 0.1) is 48.7 Å². The third-order valence-corrected chi connectivity index (χ3v) is 8.00. The Balaban J connectivity index is -0.0000000583. The van der Waals surface area contributed by atoms with Crippen LogP contribution in [0.3, 0.4) is 0 Å². The maximum atomic E-state index is 10.5. The van der Waals surface area contributed by atoms with E-state index in [4.69, 9.17) is 0 Å². The molecule has 286 valence electrons. The Morgan fingerprint density at radius 1 is 0.689 bits per heavy atom. The molecule has 3 atom stereocenters. The molecule has 0 aliphatic heterocycles. The van der Waals surface area contributed by atoms with Gasteiger partial charge in [0.15, 0.2) is 11.1 Å². The molecule has 0 aromatic carbocycles. The molecule has 1 N–H and O–H groups in total. The van der Waals surface area contributed by atoms with Gasteiger partial charge in [-0.2, -0.15) is 8.42 Å². The van der Waals surface area contributed by atoms with Crippen LogP contribution in [0.15, 0.2) is 0 Å². The second kappa shape index (κ2) is 37.2. The minimum absolute atomic E-state index is 0.611. The molecule has 0 bridgehead atoms. The van der Waals surface area contributed by atoms with E-state index in [0.717, 1.165) is 36.4 Å². The largest absolute Gasteiger partial charge is 0.327 e. The van der Waals surface area contributed by atoms with Crippen LogP contribution >= 0.6 is 7.60 Å². The van der Waals surface area contributed by atoms with E-state index in [1.165, 1.54) is 48.3 Å². The van der Waals surface area contributed by atoms with Crippen LogP contribution in [0.5, 0.6) is 0 Å². The van der Waals surface area contributed by atoms with E-state index >= 15 is 0 Å². The summed E-state index contributed by atoms with van der Waals surface area (Å²) in [6.45, 7) is 1.41. The second-order valence-electron chi connectivity index (χ2n) is 7.90. The van der Waals surface area contributed by atoms with Gasteiger partial charge in [0.2, 0.25) is 10.0 Å². The molecule has 3 unspecified atom stereocenters. The Morgan fingerprint density at radius 3 is 0.844 bits per heavy atom. The van der Waals surface area contributed by atoms with Crippen molar-refractivity contribution in [3.63, 3.8) is 0 Å². The summed E-state index contributed by atoms with van der Waals surface area (Å²) in [7, 11) is -0.198. The van der Waals surface area contributed by atoms with E-state index in [1.807, 2.05) is 0 Å². The molecule has 0 aliphatic carbocycles. The van der Waals surface area contributed by atoms with E-state index in [2.05, 4.69) is 22.1 Å². The molecule has 0 aromatic heterocycles. The highest BCUT2D eigenvalue weighted by molar-refractivity contribution is 7.90. The first-order chi connectivity index (χ1) is 19.5. The fraction of sp³-hybridized carbons (Fsp3) is 1.00. The zero-order valence-electron chi connectivity index (χ0n) is 29.8. The molecule has 0 saturated heterocycles. The zero-order chi connectivity index (χ0) is 39.0. The number of nitrogens with one attached hydrogen (secondary N) is 1. The van der Waals surface area contributed by atoms with E-state index < -0.39 is 81.4 Å². The summed E-state index contributed by atoms with van der Waals surface area (Å²) >= 11 is -1.07. The van der Waals surface area contributed by atoms with Gasteiger partial charge in [-0.25, -0.2) is 42.8 Å². The third kappa shape index (κ3) is 146. The van der Waals surface area contributed by atoms with Crippen molar-refractivity contribution in [2.45, 2.75) is 0 Å². The first-order valence-electron chi connectivity index (χ1n) is 11.2. The predicted molar refractivity (Wildman–Crippen MR) is 191 cm³/mol. The van der Waals surface area contributed by atoms with Crippen LogP contribution in [0.2, 0.25) is 0 Å². The summed E-state index contributed by atoms with van der Waals surface area (Å²) in [4.78, 5) is 0. The topological polar surface area (TPSA) is 243 Å². The van der Waals surface area contributed by atoms with Crippen LogP contribution in [-0.2, 0) is 95.8 Å². The van der Waals surface area contributed by atoms with Gasteiger partial charge >= 0.3 is 7.60 Å². The quantitative estimate of drug-likeness (QED) is 0.242. The molecule has 0 aromatic rings. The van der Waals surface area contributed by atoms with Crippen molar-refractivity contribution >= 4 is 81.4 Å². The molecular formula is C19H58N3O15PS7. The van der Waals surface area contributed by atoms with Gasteiger partial charge in [-0.1, -0.05) is 0 Å². The lowest BCUT2D eigenvalue weighted by Gasteiger charge is -2.04. The summed E-state index contributed by atoms with van der Waals surface area (Å²) in [5.74, 6) is 0. The SMILES string of the molecule is CN(C)S(C)(=O)=O.CN(C)S(C)=O.CNS(C)=O.COP(C)(=O)OC.COS(C)(=O)=O.COS(C)=O.CS(C)(=O)=O.CS(C)=O. The van der Waals surface area contributed by atoms with Gasteiger partial charge in [-0.05, 0) is 21.1 Å². The number of sulfonamides is 1. The Labute approximate surface area is 284 Å². The smallest absolute Gasteiger partial charge is 0.312 e. The average Bonchev–Trinajstić information content (AvgIpc) is 2.83. The van der Waals surface area contributed by atoms with Crippen molar-refractivity contribution < 1.29 is 64.1 Å². The van der Waals surface area contributed by atoms with Gasteiger partial charge < -0.3 is 9.05 Å². The number of nitrogens with zero attached hydrogens (tertiary/aromatic N) is 2. The number of hydrogen-bond acceptors (Lipinski definition) is 15. The highest BCUT2D eigenvalue weighted by atomic mass is 32.2. The highest BCUT2D eigenvalue weighted by Gasteiger charge is 2.08. The summed E-state index contributed by atoms with van der Waals surface area (Å²) in [6.07, 6.45) is 12.4. The molecule has 0 saturated carbocycles.